The van der Waals surface area contributed by atoms with Crippen LogP contribution >= 0.6 is 0 Å². The molecule has 0 amide bonds. The molecule has 0 radical (unpaired) electrons. The molecule has 8 rings (SSSR count). The molecule has 0 bridgehead atoms. The molecule has 0 N–H and O–H groups in total. The zero-order valence-electron chi connectivity index (χ0n) is 49.3. The highest BCUT2D eigenvalue weighted by atomic mass is 14.4. The van der Waals surface area contributed by atoms with Crippen molar-refractivity contribution in [3.8, 4) is 0 Å². The van der Waals surface area contributed by atoms with Crippen LogP contribution in [0.5, 0.6) is 0 Å². The number of rotatable bonds is 22. The van der Waals surface area contributed by atoms with E-state index in [1.807, 2.05) is 0 Å². The normalized spacial score (nSPS) is 33.2. The molecular formula is C72H120. The smallest absolute Gasteiger partial charge is 0.0162 e. The van der Waals surface area contributed by atoms with Crippen molar-refractivity contribution in [2.24, 2.45) is 71.0 Å². The van der Waals surface area contributed by atoms with Crippen LogP contribution in [0, 0.1) is 71.0 Å². The molecule has 6 aliphatic rings. The van der Waals surface area contributed by atoms with Crippen molar-refractivity contribution in [3.63, 3.8) is 0 Å². The van der Waals surface area contributed by atoms with Gasteiger partial charge in [-0.2, -0.15) is 0 Å². The fourth-order valence-corrected chi connectivity index (χ4v) is 17.4. The maximum atomic E-state index is 2.63. The van der Waals surface area contributed by atoms with Crippen molar-refractivity contribution < 1.29 is 0 Å². The Balaban J connectivity index is 0.000000212. The standard InChI is InChI=1S/C37H62.C35H58/c1-5-7-9-11-31-12-16-32(17-13-31)28(3)33-20-22-34(23-21-33)29(4)35-24-26-37(27-25-35)36-18-14-30(15-19-36)10-8-6-2;1-5-7-8-9-29-12-14-30(15-13-29)26(3)31-18-20-32(21-19-31)27(4)33-22-24-35(25-23-33)34-16-10-28(6-2)11-17-34/h24-34,36H,5-23H2,1-4H3;22-32,34H,5-21H2,1-4H3. The second-order valence-corrected chi connectivity index (χ2v) is 27.5. The average Bonchev–Trinajstić information content (AvgIpc) is 3.45. The molecule has 408 valence electrons. The molecule has 4 atom stereocenters. The third-order valence-corrected chi connectivity index (χ3v) is 23.3. The van der Waals surface area contributed by atoms with Crippen molar-refractivity contribution in [2.75, 3.05) is 0 Å². The lowest BCUT2D eigenvalue weighted by molar-refractivity contribution is 0.118. The van der Waals surface area contributed by atoms with Gasteiger partial charge in [0, 0.05) is 0 Å². The molecule has 0 saturated heterocycles. The molecule has 2 aromatic rings. The van der Waals surface area contributed by atoms with Crippen LogP contribution in [0.2, 0.25) is 0 Å². The van der Waals surface area contributed by atoms with Crippen LogP contribution in [0.25, 0.3) is 0 Å². The Hall–Kier alpha value is -1.56. The Morgan fingerprint density at radius 1 is 0.306 bits per heavy atom. The fourth-order valence-electron chi connectivity index (χ4n) is 17.4. The molecule has 6 fully saturated rings. The number of unbranched alkanes of at least 4 members (excludes halogenated alkanes) is 5. The molecule has 4 unspecified atom stereocenters. The second-order valence-electron chi connectivity index (χ2n) is 27.5. The van der Waals surface area contributed by atoms with Crippen molar-refractivity contribution in [1.82, 2.24) is 0 Å². The molecular weight excluding hydrogens is 865 g/mol. The Morgan fingerprint density at radius 3 is 0.903 bits per heavy atom. The van der Waals surface area contributed by atoms with Crippen LogP contribution in [0.4, 0.5) is 0 Å². The monoisotopic (exact) mass is 985 g/mol. The van der Waals surface area contributed by atoms with E-state index in [9.17, 15) is 0 Å². The van der Waals surface area contributed by atoms with Gasteiger partial charge in [0.15, 0.2) is 0 Å². The third-order valence-electron chi connectivity index (χ3n) is 23.3. The lowest BCUT2D eigenvalue weighted by atomic mass is 9.65. The maximum Gasteiger partial charge on any atom is -0.0162 e. The summed E-state index contributed by atoms with van der Waals surface area (Å²) >= 11 is 0. The maximum absolute atomic E-state index is 2.63. The zero-order valence-corrected chi connectivity index (χ0v) is 49.3. The van der Waals surface area contributed by atoms with E-state index in [1.54, 1.807) is 22.3 Å². The summed E-state index contributed by atoms with van der Waals surface area (Å²) in [5.74, 6) is 15.0. The summed E-state index contributed by atoms with van der Waals surface area (Å²) in [4.78, 5) is 0. The summed E-state index contributed by atoms with van der Waals surface area (Å²) in [7, 11) is 0. The lowest BCUT2D eigenvalue weighted by Gasteiger charge is -2.40. The van der Waals surface area contributed by atoms with Gasteiger partial charge in [-0.25, -0.2) is 0 Å². The molecule has 72 heavy (non-hydrogen) atoms. The molecule has 0 aliphatic heterocycles. The third kappa shape index (κ3) is 17.2. The number of hydrogen-bond acceptors (Lipinski definition) is 0. The van der Waals surface area contributed by atoms with Crippen LogP contribution in [0.3, 0.4) is 0 Å². The van der Waals surface area contributed by atoms with Gasteiger partial charge in [0.2, 0.25) is 0 Å². The first-order valence-electron chi connectivity index (χ1n) is 33.4. The molecule has 2 aromatic carbocycles. The number of hydrogen-bond donors (Lipinski definition) is 0. The van der Waals surface area contributed by atoms with Crippen LogP contribution in [0.1, 0.15) is 332 Å². The van der Waals surface area contributed by atoms with Crippen molar-refractivity contribution in [3.05, 3.63) is 70.8 Å². The minimum atomic E-state index is 0.730. The van der Waals surface area contributed by atoms with Gasteiger partial charge in [-0.3, -0.25) is 0 Å². The van der Waals surface area contributed by atoms with Crippen LogP contribution < -0.4 is 0 Å². The minimum Gasteiger partial charge on any atom is -0.0654 e. The molecule has 0 heteroatoms. The lowest BCUT2D eigenvalue weighted by Crippen LogP contribution is -2.29. The topological polar surface area (TPSA) is 0 Å². The first-order chi connectivity index (χ1) is 35.2. The van der Waals surface area contributed by atoms with Gasteiger partial charge >= 0.3 is 0 Å². The number of benzene rings is 2. The average molecular weight is 986 g/mol. The Morgan fingerprint density at radius 2 is 0.583 bits per heavy atom. The van der Waals surface area contributed by atoms with Crippen molar-refractivity contribution in [2.45, 2.75) is 310 Å². The minimum absolute atomic E-state index is 0.730. The summed E-state index contributed by atoms with van der Waals surface area (Å²) in [5, 5.41) is 0. The van der Waals surface area contributed by atoms with Gasteiger partial charge in [0.25, 0.3) is 0 Å². The van der Waals surface area contributed by atoms with Gasteiger partial charge in [0.05, 0.1) is 0 Å². The van der Waals surface area contributed by atoms with E-state index in [1.165, 1.54) is 231 Å². The van der Waals surface area contributed by atoms with Gasteiger partial charge < -0.3 is 0 Å². The van der Waals surface area contributed by atoms with Gasteiger partial charge in [0.1, 0.15) is 0 Å². The molecule has 6 saturated carbocycles. The van der Waals surface area contributed by atoms with Crippen LogP contribution in [-0.2, 0) is 0 Å². The molecule has 0 heterocycles. The highest BCUT2D eigenvalue weighted by Crippen LogP contribution is 2.48. The molecule has 0 nitrogen and oxygen atoms in total. The van der Waals surface area contributed by atoms with Gasteiger partial charge in [-0.15, -0.1) is 0 Å². The summed E-state index contributed by atoms with van der Waals surface area (Å²) in [6, 6.07) is 20.0. The first kappa shape index (κ1) is 58.1. The van der Waals surface area contributed by atoms with E-state index in [0.29, 0.717) is 0 Å². The zero-order chi connectivity index (χ0) is 50.7. The van der Waals surface area contributed by atoms with E-state index in [4.69, 9.17) is 0 Å². The van der Waals surface area contributed by atoms with E-state index in [2.05, 4.69) is 104 Å². The highest BCUT2D eigenvalue weighted by Gasteiger charge is 2.36. The quantitative estimate of drug-likeness (QED) is 0.103. The van der Waals surface area contributed by atoms with Crippen molar-refractivity contribution in [1.29, 1.82) is 0 Å². The van der Waals surface area contributed by atoms with E-state index in [-0.39, 0.29) is 0 Å². The summed E-state index contributed by atoms with van der Waals surface area (Å²) in [6.07, 6.45) is 52.8. The largest absolute Gasteiger partial charge is 0.0654 e. The fraction of sp³-hybridized carbons (Fsp3) is 0.833. The van der Waals surface area contributed by atoms with Crippen molar-refractivity contribution >= 4 is 0 Å². The van der Waals surface area contributed by atoms with Crippen LogP contribution in [0.15, 0.2) is 48.5 Å². The summed E-state index contributed by atoms with van der Waals surface area (Å²) < 4.78 is 0. The molecule has 6 aliphatic carbocycles. The van der Waals surface area contributed by atoms with Crippen LogP contribution in [-0.4, -0.2) is 0 Å². The van der Waals surface area contributed by atoms with E-state index >= 15 is 0 Å². The molecule has 0 aromatic heterocycles. The predicted octanol–water partition coefficient (Wildman–Crippen LogP) is 23.4. The predicted molar refractivity (Wildman–Crippen MR) is 317 cm³/mol. The van der Waals surface area contributed by atoms with E-state index < -0.39 is 0 Å². The second kappa shape index (κ2) is 31.0. The Bertz CT molecular complexity index is 1670. The van der Waals surface area contributed by atoms with Gasteiger partial charge in [-0.1, -0.05) is 207 Å². The van der Waals surface area contributed by atoms with Gasteiger partial charge in [-0.05, 0) is 245 Å². The molecule has 0 spiro atoms. The highest BCUT2D eigenvalue weighted by molar-refractivity contribution is 5.29. The SMILES string of the molecule is CCCCCC1CCC(C(C)C2CCC(C(C)c3ccc(C4CCC(CC)CC4)cc3)CC2)CC1.CCCCCC1CCC(C(C)C2CCC(C(C)c3ccc(C4CCC(CCCC)CC4)cc3)CC2)CC1. The van der Waals surface area contributed by atoms with E-state index in [0.717, 1.165) is 94.7 Å². The summed E-state index contributed by atoms with van der Waals surface area (Å²) in [6.45, 7) is 19.7. The Kier molecular flexibility index (Phi) is 25.0. The Labute approximate surface area is 449 Å². The summed E-state index contributed by atoms with van der Waals surface area (Å²) in [5.41, 5.74) is 6.46. The first-order valence-corrected chi connectivity index (χ1v) is 33.4.